The predicted molar refractivity (Wildman–Crippen MR) is 78.1 cm³/mol. The summed E-state index contributed by atoms with van der Waals surface area (Å²) in [7, 11) is 0. The maximum Gasteiger partial charge on any atom is 0.252 e. The van der Waals surface area contributed by atoms with Crippen LogP contribution in [-0.2, 0) is 16.0 Å². The van der Waals surface area contributed by atoms with Crippen molar-refractivity contribution < 1.29 is 35.1 Å². The standard InChI is InChI=1S/C15H21NO7/c17-7-10(6-9-4-2-1-3-5-9)16-14(21)12-11(19)13(20)15(22,8-18)23-12/h1-5,10-13,17-20,22H,6-8H2,(H,16,21)/t10-,11+,12-,13-,15+/m0/s1. The number of benzene rings is 1. The number of hydrogen-bond acceptors (Lipinski definition) is 7. The second-order valence-corrected chi connectivity index (χ2v) is 5.55. The molecule has 1 fully saturated rings. The smallest absolute Gasteiger partial charge is 0.252 e. The highest BCUT2D eigenvalue weighted by molar-refractivity contribution is 5.82. The first-order valence-electron chi connectivity index (χ1n) is 7.23. The lowest BCUT2D eigenvalue weighted by Crippen LogP contribution is -2.48. The number of aliphatic hydroxyl groups is 5. The average Bonchev–Trinajstić information content (AvgIpc) is 2.80. The average molecular weight is 327 g/mol. The van der Waals surface area contributed by atoms with E-state index in [2.05, 4.69) is 5.32 Å². The van der Waals surface area contributed by atoms with Crippen LogP contribution < -0.4 is 5.32 Å². The van der Waals surface area contributed by atoms with E-state index in [0.717, 1.165) is 5.56 Å². The Balaban J connectivity index is 2.00. The molecule has 1 aliphatic heterocycles. The third kappa shape index (κ3) is 3.86. The SMILES string of the molecule is O=C(N[C@H](CO)Cc1ccccc1)[C@H]1O[C@](O)(CO)[C@@H](O)[C@@H]1O. The Labute approximate surface area is 133 Å². The van der Waals surface area contributed by atoms with E-state index in [1.807, 2.05) is 30.3 Å². The fourth-order valence-electron chi connectivity index (χ4n) is 2.47. The van der Waals surface area contributed by atoms with Gasteiger partial charge in [-0.05, 0) is 12.0 Å². The molecule has 0 aromatic heterocycles. The first-order valence-corrected chi connectivity index (χ1v) is 7.23. The summed E-state index contributed by atoms with van der Waals surface area (Å²) < 4.78 is 4.89. The van der Waals surface area contributed by atoms with Gasteiger partial charge in [-0.25, -0.2) is 0 Å². The van der Waals surface area contributed by atoms with Crippen molar-refractivity contribution in [2.75, 3.05) is 13.2 Å². The van der Waals surface area contributed by atoms with Crippen LogP contribution >= 0.6 is 0 Å². The van der Waals surface area contributed by atoms with E-state index in [0.29, 0.717) is 6.42 Å². The molecule has 2 rings (SSSR count). The molecule has 1 aromatic rings. The number of rotatable bonds is 6. The molecule has 23 heavy (non-hydrogen) atoms. The van der Waals surface area contributed by atoms with Crippen molar-refractivity contribution in [2.45, 2.75) is 36.6 Å². The summed E-state index contributed by atoms with van der Waals surface area (Å²) in [5.74, 6) is -3.19. The Hall–Kier alpha value is -1.55. The maximum atomic E-state index is 12.2. The van der Waals surface area contributed by atoms with Crippen LogP contribution in [0, 0.1) is 0 Å². The van der Waals surface area contributed by atoms with Gasteiger partial charge in [0.2, 0.25) is 5.79 Å². The maximum absolute atomic E-state index is 12.2. The summed E-state index contributed by atoms with van der Waals surface area (Å²) >= 11 is 0. The molecule has 1 aliphatic rings. The molecule has 8 heteroatoms. The van der Waals surface area contributed by atoms with Gasteiger partial charge in [-0.1, -0.05) is 30.3 Å². The zero-order valence-electron chi connectivity index (χ0n) is 12.4. The molecule has 0 bridgehead atoms. The third-order valence-electron chi connectivity index (χ3n) is 3.80. The first kappa shape index (κ1) is 17.8. The van der Waals surface area contributed by atoms with Crippen LogP contribution in [0.5, 0.6) is 0 Å². The number of aliphatic hydroxyl groups excluding tert-OH is 4. The summed E-state index contributed by atoms with van der Waals surface area (Å²) in [6, 6.07) is 8.55. The molecule has 0 unspecified atom stereocenters. The minimum atomic E-state index is -2.39. The highest BCUT2D eigenvalue weighted by Crippen LogP contribution is 2.29. The van der Waals surface area contributed by atoms with Crippen molar-refractivity contribution in [1.29, 1.82) is 0 Å². The third-order valence-corrected chi connectivity index (χ3v) is 3.80. The minimum Gasteiger partial charge on any atom is -0.394 e. The van der Waals surface area contributed by atoms with Gasteiger partial charge in [0.05, 0.1) is 19.3 Å². The molecule has 1 aromatic carbocycles. The molecule has 0 saturated carbocycles. The van der Waals surface area contributed by atoms with Gasteiger partial charge in [-0.2, -0.15) is 0 Å². The molecule has 1 heterocycles. The molecule has 1 saturated heterocycles. The highest BCUT2D eigenvalue weighted by atomic mass is 16.7. The van der Waals surface area contributed by atoms with E-state index in [-0.39, 0.29) is 6.61 Å². The second-order valence-electron chi connectivity index (χ2n) is 5.55. The Bertz CT molecular complexity index is 526. The van der Waals surface area contributed by atoms with Gasteiger partial charge in [0.15, 0.2) is 6.10 Å². The molecular formula is C15H21NO7. The zero-order valence-corrected chi connectivity index (χ0v) is 12.4. The number of nitrogens with one attached hydrogen (secondary N) is 1. The molecule has 0 aliphatic carbocycles. The van der Waals surface area contributed by atoms with E-state index in [9.17, 15) is 25.2 Å². The second kappa shape index (κ2) is 7.35. The molecule has 6 N–H and O–H groups in total. The van der Waals surface area contributed by atoms with Crippen LogP contribution in [-0.4, -0.2) is 74.8 Å². The van der Waals surface area contributed by atoms with Gasteiger partial charge in [-0.3, -0.25) is 4.79 Å². The van der Waals surface area contributed by atoms with Crippen molar-refractivity contribution in [3.8, 4) is 0 Å². The van der Waals surface area contributed by atoms with Crippen LogP contribution in [0.1, 0.15) is 5.56 Å². The van der Waals surface area contributed by atoms with Gasteiger partial charge in [0.25, 0.3) is 5.91 Å². The Morgan fingerprint density at radius 3 is 2.43 bits per heavy atom. The van der Waals surface area contributed by atoms with E-state index in [1.54, 1.807) is 0 Å². The lowest BCUT2D eigenvalue weighted by molar-refractivity contribution is -0.244. The van der Waals surface area contributed by atoms with Gasteiger partial charge >= 0.3 is 0 Å². The predicted octanol–water partition coefficient (Wildman–Crippen LogP) is -2.49. The molecule has 1 amide bonds. The van der Waals surface area contributed by atoms with Gasteiger partial charge in [0.1, 0.15) is 12.2 Å². The number of carbonyl (C=O) groups is 1. The summed E-state index contributed by atoms with van der Waals surface area (Å²) in [5, 5.41) is 50.1. The van der Waals surface area contributed by atoms with Crippen LogP contribution in [0.2, 0.25) is 0 Å². The van der Waals surface area contributed by atoms with Crippen LogP contribution in [0.25, 0.3) is 0 Å². The number of hydrogen-bond donors (Lipinski definition) is 6. The van der Waals surface area contributed by atoms with Gasteiger partial charge in [0, 0.05) is 0 Å². The van der Waals surface area contributed by atoms with Crippen molar-refractivity contribution in [1.82, 2.24) is 5.32 Å². The summed E-state index contributed by atoms with van der Waals surface area (Å²) in [5.41, 5.74) is 0.895. The van der Waals surface area contributed by atoms with Gasteiger partial charge in [-0.15, -0.1) is 0 Å². The summed E-state index contributed by atoms with van der Waals surface area (Å²) in [4.78, 5) is 12.2. The van der Waals surface area contributed by atoms with E-state index in [1.165, 1.54) is 0 Å². The number of amides is 1. The van der Waals surface area contributed by atoms with Crippen molar-refractivity contribution in [3.63, 3.8) is 0 Å². The number of ether oxygens (including phenoxy) is 1. The van der Waals surface area contributed by atoms with Crippen molar-refractivity contribution in [2.24, 2.45) is 0 Å². The van der Waals surface area contributed by atoms with Gasteiger partial charge < -0.3 is 35.6 Å². The molecule has 0 radical (unpaired) electrons. The van der Waals surface area contributed by atoms with E-state index in [4.69, 9.17) is 9.84 Å². The van der Waals surface area contributed by atoms with Crippen LogP contribution in [0.15, 0.2) is 30.3 Å². The van der Waals surface area contributed by atoms with Crippen molar-refractivity contribution >= 4 is 5.91 Å². The monoisotopic (exact) mass is 327 g/mol. The summed E-state index contributed by atoms with van der Waals surface area (Å²) in [6.07, 6.45) is -4.70. The zero-order chi connectivity index (χ0) is 17.0. The topological polar surface area (TPSA) is 139 Å². The Morgan fingerprint density at radius 1 is 1.26 bits per heavy atom. The molecule has 8 nitrogen and oxygen atoms in total. The normalized spacial score (nSPS) is 31.8. The largest absolute Gasteiger partial charge is 0.394 e. The lowest BCUT2D eigenvalue weighted by Gasteiger charge is -2.23. The lowest BCUT2D eigenvalue weighted by atomic mass is 10.0. The van der Waals surface area contributed by atoms with E-state index >= 15 is 0 Å². The molecule has 5 atom stereocenters. The highest BCUT2D eigenvalue weighted by Gasteiger charge is 2.55. The minimum absolute atomic E-state index is 0.337. The van der Waals surface area contributed by atoms with Crippen molar-refractivity contribution in [3.05, 3.63) is 35.9 Å². The quantitative estimate of drug-likeness (QED) is 0.340. The Morgan fingerprint density at radius 2 is 1.91 bits per heavy atom. The molecule has 128 valence electrons. The van der Waals surface area contributed by atoms with Crippen LogP contribution in [0.4, 0.5) is 0 Å². The Kier molecular flexibility index (Phi) is 5.69. The van der Waals surface area contributed by atoms with Crippen LogP contribution in [0.3, 0.4) is 0 Å². The molecule has 0 spiro atoms. The molecular weight excluding hydrogens is 306 g/mol. The fraction of sp³-hybridized carbons (Fsp3) is 0.533. The first-order chi connectivity index (χ1) is 10.9. The fourth-order valence-corrected chi connectivity index (χ4v) is 2.47. The van der Waals surface area contributed by atoms with E-state index < -0.39 is 42.7 Å². The number of carbonyl (C=O) groups excluding carboxylic acids is 1. The summed E-state index contributed by atoms with van der Waals surface area (Å²) in [6.45, 7) is -1.31.